The number of aromatic nitrogens is 1. The number of nitrogens with zero attached hydrogens (tertiary/aromatic N) is 1. The third kappa shape index (κ3) is 5.30. The van der Waals surface area contributed by atoms with Crippen molar-refractivity contribution < 1.29 is 13.6 Å². The van der Waals surface area contributed by atoms with Gasteiger partial charge in [0.1, 0.15) is 11.6 Å². The number of amides is 1. The molecule has 5 heteroatoms. The standard InChI is InChI=1S/C16H16F2N2O/c17-14-7-13(8-15(18)10-14)9-16(21)20-6-2-4-12-3-1-5-19-11-12/h1,3,5,7-8,10-11H,2,4,6,9H2,(H,20,21). The molecule has 0 aliphatic heterocycles. The zero-order valence-electron chi connectivity index (χ0n) is 11.5. The molecule has 1 aromatic carbocycles. The van der Waals surface area contributed by atoms with Crippen molar-refractivity contribution >= 4 is 5.91 Å². The molecule has 1 heterocycles. The molecule has 0 saturated heterocycles. The van der Waals surface area contributed by atoms with Gasteiger partial charge in [-0.05, 0) is 42.2 Å². The number of hydrogen-bond donors (Lipinski definition) is 1. The Hall–Kier alpha value is -2.30. The molecule has 21 heavy (non-hydrogen) atoms. The van der Waals surface area contributed by atoms with E-state index in [0.717, 1.165) is 36.6 Å². The number of aryl methyl sites for hydroxylation is 1. The van der Waals surface area contributed by atoms with E-state index in [1.165, 1.54) is 0 Å². The molecule has 0 fully saturated rings. The van der Waals surface area contributed by atoms with Crippen molar-refractivity contribution in [2.45, 2.75) is 19.3 Å². The number of pyridine rings is 1. The summed E-state index contributed by atoms with van der Waals surface area (Å²) in [6.07, 6.45) is 5.08. The molecule has 0 atom stereocenters. The van der Waals surface area contributed by atoms with E-state index in [-0.39, 0.29) is 12.3 Å². The normalized spacial score (nSPS) is 10.4. The Bertz CT molecular complexity index is 582. The van der Waals surface area contributed by atoms with Crippen molar-refractivity contribution in [1.82, 2.24) is 10.3 Å². The van der Waals surface area contributed by atoms with Crippen molar-refractivity contribution in [3.8, 4) is 0 Å². The minimum atomic E-state index is -0.672. The first-order valence-electron chi connectivity index (χ1n) is 6.74. The van der Waals surface area contributed by atoms with Crippen LogP contribution in [0.2, 0.25) is 0 Å². The molecule has 0 spiro atoms. The number of rotatable bonds is 6. The number of benzene rings is 1. The number of hydrogen-bond acceptors (Lipinski definition) is 2. The lowest BCUT2D eigenvalue weighted by atomic mass is 10.1. The van der Waals surface area contributed by atoms with Crippen LogP contribution in [0.1, 0.15) is 17.5 Å². The largest absolute Gasteiger partial charge is 0.356 e. The van der Waals surface area contributed by atoms with Crippen LogP contribution in [0.15, 0.2) is 42.7 Å². The summed E-state index contributed by atoms with van der Waals surface area (Å²) in [5.74, 6) is -1.59. The summed E-state index contributed by atoms with van der Waals surface area (Å²) in [5.41, 5.74) is 1.44. The van der Waals surface area contributed by atoms with Gasteiger partial charge in [-0.2, -0.15) is 0 Å². The molecule has 110 valence electrons. The van der Waals surface area contributed by atoms with Gasteiger partial charge in [-0.25, -0.2) is 8.78 Å². The third-order valence-corrected chi connectivity index (χ3v) is 2.97. The second-order valence-electron chi connectivity index (χ2n) is 4.77. The van der Waals surface area contributed by atoms with E-state index in [1.807, 2.05) is 12.1 Å². The van der Waals surface area contributed by atoms with Crippen molar-refractivity contribution in [1.29, 1.82) is 0 Å². The first-order chi connectivity index (χ1) is 10.1. The van der Waals surface area contributed by atoms with Gasteiger partial charge in [0.25, 0.3) is 0 Å². The minimum Gasteiger partial charge on any atom is -0.356 e. The van der Waals surface area contributed by atoms with Crippen LogP contribution in [0, 0.1) is 11.6 Å². The zero-order valence-corrected chi connectivity index (χ0v) is 11.5. The number of carbonyl (C=O) groups excluding carboxylic acids is 1. The van der Waals surface area contributed by atoms with Gasteiger partial charge in [0.05, 0.1) is 6.42 Å². The average Bonchev–Trinajstić information content (AvgIpc) is 2.43. The Balaban J connectivity index is 1.72. The van der Waals surface area contributed by atoms with Gasteiger partial charge in [0.2, 0.25) is 5.91 Å². The fraction of sp³-hybridized carbons (Fsp3) is 0.250. The fourth-order valence-corrected chi connectivity index (χ4v) is 2.03. The lowest BCUT2D eigenvalue weighted by Gasteiger charge is -2.06. The predicted molar refractivity (Wildman–Crippen MR) is 75.6 cm³/mol. The van der Waals surface area contributed by atoms with Gasteiger partial charge in [-0.15, -0.1) is 0 Å². The highest BCUT2D eigenvalue weighted by molar-refractivity contribution is 5.78. The summed E-state index contributed by atoms with van der Waals surface area (Å²) in [4.78, 5) is 15.7. The highest BCUT2D eigenvalue weighted by Gasteiger charge is 2.06. The topological polar surface area (TPSA) is 42.0 Å². The smallest absolute Gasteiger partial charge is 0.224 e. The maximum atomic E-state index is 13.0. The monoisotopic (exact) mass is 290 g/mol. The van der Waals surface area contributed by atoms with Crippen LogP contribution in [0.5, 0.6) is 0 Å². The number of carbonyl (C=O) groups is 1. The lowest BCUT2D eigenvalue weighted by Crippen LogP contribution is -2.26. The van der Waals surface area contributed by atoms with Crippen LogP contribution in [-0.4, -0.2) is 17.4 Å². The molecular weight excluding hydrogens is 274 g/mol. The fourth-order valence-electron chi connectivity index (χ4n) is 2.03. The van der Waals surface area contributed by atoms with Gasteiger partial charge >= 0.3 is 0 Å². The molecule has 3 nitrogen and oxygen atoms in total. The molecule has 1 N–H and O–H groups in total. The predicted octanol–water partition coefficient (Wildman–Crippen LogP) is 2.65. The first kappa shape index (κ1) is 15.1. The van der Waals surface area contributed by atoms with Gasteiger partial charge in [0.15, 0.2) is 0 Å². The van der Waals surface area contributed by atoms with Gasteiger partial charge in [0, 0.05) is 25.0 Å². The Kier molecular flexibility index (Phi) is 5.37. The van der Waals surface area contributed by atoms with Crippen LogP contribution in [0.3, 0.4) is 0 Å². The summed E-state index contributed by atoms with van der Waals surface area (Å²) >= 11 is 0. The van der Waals surface area contributed by atoms with Gasteiger partial charge in [-0.1, -0.05) is 6.07 Å². The maximum absolute atomic E-state index is 13.0. The summed E-state index contributed by atoms with van der Waals surface area (Å²) in [6, 6.07) is 6.96. The highest BCUT2D eigenvalue weighted by atomic mass is 19.1. The van der Waals surface area contributed by atoms with E-state index in [1.54, 1.807) is 12.4 Å². The summed E-state index contributed by atoms with van der Waals surface area (Å²) in [7, 11) is 0. The molecule has 0 aliphatic carbocycles. The summed E-state index contributed by atoms with van der Waals surface area (Å²) < 4.78 is 26.0. The Morgan fingerprint density at radius 1 is 1.14 bits per heavy atom. The molecule has 0 unspecified atom stereocenters. The van der Waals surface area contributed by atoms with Crippen molar-refractivity contribution in [3.05, 3.63) is 65.5 Å². The molecule has 2 rings (SSSR count). The zero-order chi connectivity index (χ0) is 15.1. The Morgan fingerprint density at radius 3 is 2.57 bits per heavy atom. The Morgan fingerprint density at radius 2 is 1.90 bits per heavy atom. The van der Waals surface area contributed by atoms with E-state index in [0.29, 0.717) is 12.1 Å². The van der Waals surface area contributed by atoms with E-state index >= 15 is 0 Å². The molecule has 2 aromatic rings. The number of nitrogens with one attached hydrogen (secondary N) is 1. The molecule has 0 bridgehead atoms. The molecule has 0 radical (unpaired) electrons. The molecule has 0 saturated carbocycles. The van der Waals surface area contributed by atoms with E-state index in [4.69, 9.17) is 0 Å². The average molecular weight is 290 g/mol. The van der Waals surface area contributed by atoms with E-state index < -0.39 is 11.6 Å². The van der Waals surface area contributed by atoms with E-state index in [2.05, 4.69) is 10.3 Å². The summed E-state index contributed by atoms with van der Waals surface area (Å²) in [6.45, 7) is 0.519. The van der Waals surface area contributed by atoms with Crippen molar-refractivity contribution in [2.75, 3.05) is 6.54 Å². The second-order valence-corrected chi connectivity index (χ2v) is 4.77. The van der Waals surface area contributed by atoms with Crippen LogP contribution in [-0.2, 0) is 17.6 Å². The minimum absolute atomic E-state index is 0.0262. The molecule has 0 aliphatic rings. The SMILES string of the molecule is O=C(Cc1cc(F)cc(F)c1)NCCCc1cccnc1. The molecular formula is C16H16F2N2O. The second kappa shape index (κ2) is 7.47. The highest BCUT2D eigenvalue weighted by Crippen LogP contribution is 2.08. The quantitative estimate of drug-likeness (QED) is 0.831. The molecule has 1 aromatic heterocycles. The van der Waals surface area contributed by atoms with Crippen LogP contribution in [0.4, 0.5) is 8.78 Å². The van der Waals surface area contributed by atoms with Gasteiger partial charge < -0.3 is 5.32 Å². The van der Waals surface area contributed by atoms with E-state index in [9.17, 15) is 13.6 Å². The van der Waals surface area contributed by atoms with Crippen LogP contribution < -0.4 is 5.32 Å². The van der Waals surface area contributed by atoms with Crippen LogP contribution in [0.25, 0.3) is 0 Å². The number of halogens is 2. The van der Waals surface area contributed by atoms with Crippen LogP contribution >= 0.6 is 0 Å². The van der Waals surface area contributed by atoms with Crippen molar-refractivity contribution in [2.24, 2.45) is 0 Å². The first-order valence-corrected chi connectivity index (χ1v) is 6.74. The lowest BCUT2D eigenvalue weighted by molar-refractivity contribution is -0.120. The maximum Gasteiger partial charge on any atom is 0.224 e. The molecule has 1 amide bonds. The summed E-state index contributed by atoms with van der Waals surface area (Å²) in [5, 5.41) is 2.74. The van der Waals surface area contributed by atoms with Gasteiger partial charge in [-0.3, -0.25) is 9.78 Å². The Labute approximate surface area is 122 Å². The van der Waals surface area contributed by atoms with Crippen molar-refractivity contribution in [3.63, 3.8) is 0 Å². The third-order valence-electron chi connectivity index (χ3n) is 2.97.